The lowest BCUT2D eigenvalue weighted by atomic mass is 10.2. The maximum atomic E-state index is 12.2. The van der Waals surface area contributed by atoms with E-state index in [1.165, 1.54) is 23.1 Å². The third-order valence-corrected chi connectivity index (χ3v) is 5.36. The van der Waals surface area contributed by atoms with Gasteiger partial charge in [-0.05, 0) is 19.1 Å². The van der Waals surface area contributed by atoms with E-state index in [2.05, 4.69) is 25.5 Å². The first-order chi connectivity index (χ1) is 11.7. The van der Waals surface area contributed by atoms with E-state index in [0.717, 1.165) is 9.47 Å². The highest BCUT2D eigenvalue weighted by Gasteiger charge is 2.15. The number of hydrogen-bond donors (Lipinski definition) is 2. The summed E-state index contributed by atoms with van der Waals surface area (Å²) in [6, 6.07) is 7.31. The lowest BCUT2D eigenvalue weighted by Gasteiger charge is -2.08. The summed E-state index contributed by atoms with van der Waals surface area (Å²) in [5, 5.41) is 12.7. The topological polar surface area (TPSA) is 92.8 Å². The lowest BCUT2D eigenvalue weighted by molar-refractivity contribution is 0.211. The highest BCUT2D eigenvalue weighted by molar-refractivity contribution is 8.01. The summed E-state index contributed by atoms with van der Waals surface area (Å²) in [6.07, 6.45) is 0. The maximum absolute atomic E-state index is 12.2. The van der Waals surface area contributed by atoms with Crippen molar-refractivity contribution in [1.29, 1.82) is 0 Å². The molecular weight excluding hydrogens is 346 g/mol. The number of nitrogens with one attached hydrogen (secondary N) is 2. The minimum Gasteiger partial charge on any atom is -0.383 e. The molecule has 0 bridgehead atoms. The predicted octanol–water partition coefficient (Wildman–Crippen LogP) is 2.69. The molecule has 0 aliphatic heterocycles. The number of hydrogen-bond acceptors (Lipinski definition) is 8. The number of H-pyrrole nitrogens is 1. The van der Waals surface area contributed by atoms with Gasteiger partial charge in [0.05, 0.1) is 22.8 Å². The number of para-hydroxylation sites is 1. The van der Waals surface area contributed by atoms with Crippen molar-refractivity contribution in [1.82, 2.24) is 20.2 Å². The van der Waals surface area contributed by atoms with Crippen molar-refractivity contribution >= 4 is 39.1 Å². The molecular formula is C15H17N5O2S2. The van der Waals surface area contributed by atoms with Crippen LogP contribution in [0.25, 0.3) is 10.9 Å². The fourth-order valence-corrected chi connectivity index (χ4v) is 4.07. The van der Waals surface area contributed by atoms with Crippen molar-refractivity contribution in [3.8, 4) is 0 Å². The van der Waals surface area contributed by atoms with Gasteiger partial charge in [0.1, 0.15) is 5.82 Å². The zero-order valence-electron chi connectivity index (χ0n) is 13.3. The molecule has 0 unspecified atom stereocenters. The van der Waals surface area contributed by atoms with E-state index in [0.29, 0.717) is 29.9 Å². The Morgan fingerprint density at radius 3 is 3.04 bits per heavy atom. The number of thioether (sulfide) groups is 1. The maximum Gasteiger partial charge on any atom is 0.258 e. The summed E-state index contributed by atoms with van der Waals surface area (Å²) in [7, 11) is 1.65. The van der Waals surface area contributed by atoms with Crippen LogP contribution in [-0.2, 0) is 4.74 Å². The molecule has 0 amide bonds. The third kappa shape index (κ3) is 3.92. The molecule has 0 fully saturated rings. The summed E-state index contributed by atoms with van der Waals surface area (Å²) in [4.78, 5) is 19.6. The van der Waals surface area contributed by atoms with Gasteiger partial charge in [-0.15, -0.1) is 10.2 Å². The van der Waals surface area contributed by atoms with Gasteiger partial charge in [-0.2, -0.15) is 0 Å². The number of fused-ring (bicyclic) bond motifs is 1. The molecule has 126 valence electrons. The van der Waals surface area contributed by atoms with E-state index in [1.807, 2.05) is 25.1 Å². The molecule has 24 heavy (non-hydrogen) atoms. The summed E-state index contributed by atoms with van der Waals surface area (Å²) in [5.74, 6) is 0.632. The first-order valence-corrected chi connectivity index (χ1v) is 9.09. The van der Waals surface area contributed by atoms with Crippen LogP contribution in [0, 0.1) is 0 Å². The highest BCUT2D eigenvalue weighted by atomic mass is 32.2. The number of aromatic amines is 1. The molecule has 0 aliphatic carbocycles. The SMILES string of the molecule is COCCNc1nnc(S[C@H](C)c2nc3ccccc3c(=O)[nH]2)s1. The van der Waals surface area contributed by atoms with Crippen LogP contribution in [0.15, 0.2) is 33.4 Å². The number of ether oxygens (including phenoxy) is 1. The van der Waals surface area contributed by atoms with Gasteiger partial charge < -0.3 is 15.0 Å². The molecule has 3 rings (SSSR count). The van der Waals surface area contributed by atoms with E-state index >= 15 is 0 Å². The summed E-state index contributed by atoms with van der Waals surface area (Å²) in [6.45, 7) is 3.28. The van der Waals surface area contributed by atoms with E-state index in [4.69, 9.17) is 4.74 Å². The molecule has 0 saturated heterocycles. The lowest BCUT2D eigenvalue weighted by Crippen LogP contribution is -2.12. The molecule has 1 atom stereocenters. The Balaban J connectivity index is 1.73. The number of nitrogens with zero attached hydrogens (tertiary/aromatic N) is 3. The first-order valence-electron chi connectivity index (χ1n) is 7.39. The Morgan fingerprint density at radius 2 is 2.21 bits per heavy atom. The third-order valence-electron chi connectivity index (χ3n) is 3.28. The van der Waals surface area contributed by atoms with Gasteiger partial charge in [0.15, 0.2) is 4.34 Å². The molecule has 2 N–H and O–H groups in total. The van der Waals surface area contributed by atoms with Gasteiger partial charge in [0.2, 0.25) is 5.13 Å². The normalized spacial score (nSPS) is 12.4. The van der Waals surface area contributed by atoms with E-state index in [9.17, 15) is 4.79 Å². The first kappa shape index (κ1) is 16.9. The van der Waals surface area contributed by atoms with Crippen LogP contribution < -0.4 is 10.9 Å². The highest BCUT2D eigenvalue weighted by Crippen LogP contribution is 2.35. The molecule has 3 aromatic rings. The van der Waals surface area contributed by atoms with Gasteiger partial charge in [-0.25, -0.2) is 4.98 Å². The van der Waals surface area contributed by atoms with Gasteiger partial charge in [0, 0.05) is 13.7 Å². The minimum atomic E-state index is -0.123. The molecule has 0 spiro atoms. The van der Waals surface area contributed by atoms with Crippen molar-refractivity contribution in [2.45, 2.75) is 16.5 Å². The van der Waals surface area contributed by atoms with Crippen molar-refractivity contribution in [3.63, 3.8) is 0 Å². The Labute approximate surface area is 146 Å². The van der Waals surface area contributed by atoms with Crippen LogP contribution in [0.2, 0.25) is 0 Å². The average molecular weight is 363 g/mol. The monoisotopic (exact) mass is 363 g/mol. The van der Waals surface area contributed by atoms with Crippen LogP contribution in [-0.4, -0.2) is 40.4 Å². The molecule has 2 aromatic heterocycles. The van der Waals surface area contributed by atoms with Gasteiger partial charge in [0.25, 0.3) is 5.56 Å². The van der Waals surface area contributed by atoms with E-state index in [1.54, 1.807) is 13.2 Å². The fraction of sp³-hybridized carbons (Fsp3) is 0.333. The molecule has 1 aromatic carbocycles. The fourth-order valence-electron chi connectivity index (χ4n) is 2.09. The molecule has 0 saturated carbocycles. The van der Waals surface area contributed by atoms with Gasteiger partial charge in [-0.3, -0.25) is 4.79 Å². The molecule has 7 nitrogen and oxygen atoms in total. The van der Waals surface area contributed by atoms with Gasteiger partial charge >= 0.3 is 0 Å². The second-order valence-electron chi connectivity index (χ2n) is 5.02. The van der Waals surface area contributed by atoms with Crippen LogP contribution in [0.1, 0.15) is 18.0 Å². The standard InChI is InChI=1S/C15H17N5O2S2/c1-9(23-15-20-19-14(24-15)16-7-8-22-2)12-17-11-6-4-3-5-10(11)13(21)18-12/h3-6,9H,7-8H2,1-2H3,(H,16,19)(H,17,18,21)/t9-/m1/s1. The zero-order valence-corrected chi connectivity index (χ0v) is 14.9. The largest absolute Gasteiger partial charge is 0.383 e. The van der Waals surface area contributed by atoms with E-state index in [-0.39, 0.29) is 10.8 Å². The van der Waals surface area contributed by atoms with Crippen LogP contribution in [0.4, 0.5) is 5.13 Å². The summed E-state index contributed by atoms with van der Waals surface area (Å²) in [5.41, 5.74) is 0.574. The molecule has 2 heterocycles. The van der Waals surface area contributed by atoms with Gasteiger partial charge in [-0.1, -0.05) is 35.2 Å². The molecule has 0 aliphatic rings. The van der Waals surface area contributed by atoms with Crippen molar-refractivity contribution in [2.24, 2.45) is 0 Å². The summed E-state index contributed by atoms with van der Waals surface area (Å²) < 4.78 is 5.80. The van der Waals surface area contributed by atoms with Crippen molar-refractivity contribution in [3.05, 3.63) is 40.4 Å². The van der Waals surface area contributed by atoms with Crippen LogP contribution in [0.5, 0.6) is 0 Å². The van der Waals surface area contributed by atoms with E-state index < -0.39 is 0 Å². The van der Waals surface area contributed by atoms with Crippen molar-refractivity contribution < 1.29 is 4.74 Å². The second kappa shape index (κ2) is 7.73. The van der Waals surface area contributed by atoms with Crippen LogP contribution >= 0.6 is 23.1 Å². The Morgan fingerprint density at radius 1 is 1.38 bits per heavy atom. The number of benzene rings is 1. The summed E-state index contributed by atoms with van der Waals surface area (Å²) >= 11 is 2.98. The average Bonchev–Trinajstić information content (AvgIpc) is 3.02. The Bertz CT molecular complexity index is 879. The smallest absolute Gasteiger partial charge is 0.258 e. The number of rotatable bonds is 7. The molecule has 0 radical (unpaired) electrons. The number of methoxy groups -OCH3 is 1. The minimum absolute atomic E-state index is 0.0397. The van der Waals surface area contributed by atoms with Crippen molar-refractivity contribution in [2.75, 3.05) is 25.6 Å². The Kier molecular flexibility index (Phi) is 5.44. The quantitative estimate of drug-likeness (QED) is 0.492. The number of anilines is 1. The van der Waals surface area contributed by atoms with Crippen LogP contribution in [0.3, 0.4) is 0 Å². The molecule has 9 heteroatoms. The number of aromatic nitrogens is 4. The Hall–Kier alpha value is -1.97. The predicted molar refractivity (Wildman–Crippen MR) is 96.9 cm³/mol. The second-order valence-corrected chi connectivity index (χ2v) is 7.59. The zero-order chi connectivity index (χ0) is 16.9.